The minimum Gasteiger partial charge on any atom is -0.389 e. The molecule has 118 valence electrons. The second-order valence-corrected chi connectivity index (χ2v) is 7.30. The van der Waals surface area contributed by atoms with Gasteiger partial charge in [0.1, 0.15) is 0 Å². The summed E-state index contributed by atoms with van der Waals surface area (Å²) in [6, 6.07) is 4.84. The van der Waals surface area contributed by atoms with E-state index in [1.165, 1.54) is 22.3 Å². The lowest BCUT2D eigenvalue weighted by atomic mass is 9.79. The first kappa shape index (κ1) is 16.5. The third-order valence-electron chi connectivity index (χ3n) is 5.29. The van der Waals surface area contributed by atoms with Gasteiger partial charge in [-0.2, -0.15) is 0 Å². The minimum atomic E-state index is -0.506. The SMILES string of the molecule is Cc1cc(C)c(C(C)NCC2(O)CCC(C)CC2)cc1C. The summed E-state index contributed by atoms with van der Waals surface area (Å²) in [4.78, 5) is 0. The normalized spacial score (nSPS) is 27.6. The molecule has 1 unspecified atom stereocenters. The highest BCUT2D eigenvalue weighted by Crippen LogP contribution is 2.32. The van der Waals surface area contributed by atoms with Crippen LogP contribution in [0.1, 0.15) is 67.8 Å². The van der Waals surface area contributed by atoms with Gasteiger partial charge in [-0.3, -0.25) is 0 Å². The molecule has 2 N–H and O–H groups in total. The Hall–Kier alpha value is -0.860. The number of rotatable bonds is 4. The summed E-state index contributed by atoms with van der Waals surface area (Å²) in [5.41, 5.74) is 4.88. The van der Waals surface area contributed by atoms with Gasteiger partial charge in [-0.05, 0) is 81.5 Å². The summed E-state index contributed by atoms with van der Waals surface area (Å²) in [6.45, 7) is 11.7. The smallest absolute Gasteiger partial charge is 0.0772 e. The van der Waals surface area contributed by atoms with Gasteiger partial charge in [0.2, 0.25) is 0 Å². The minimum absolute atomic E-state index is 0.285. The molecule has 0 heterocycles. The molecule has 2 nitrogen and oxygen atoms in total. The van der Waals surface area contributed by atoms with Crippen LogP contribution in [-0.2, 0) is 0 Å². The van der Waals surface area contributed by atoms with Crippen LogP contribution in [0.4, 0.5) is 0 Å². The molecular weight excluding hydrogens is 258 g/mol. The van der Waals surface area contributed by atoms with Crippen LogP contribution in [0.25, 0.3) is 0 Å². The molecule has 1 saturated carbocycles. The molecule has 21 heavy (non-hydrogen) atoms. The van der Waals surface area contributed by atoms with Crippen LogP contribution < -0.4 is 5.32 Å². The molecule has 1 fully saturated rings. The second kappa shape index (κ2) is 6.50. The Balaban J connectivity index is 1.99. The first-order chi connectivity index (χ1) is 9.81. The maximum atomic E-state index is 10.7. The zero-order valence-electron chi connectivity index (χ0n) is 14.3. The molecule has 1 aliphatic carbocycles. The topological polar surface area (TPSA) is 32.3 Å². The molecule has 0 aliphatic heterocycles. The highest BCUT2D eigenvalue weighted by atomic mass is 16.3. The molecule has 0 bridgehead atoms. The number of hydrogen-bond acceptors (Lipinski definition) is 2. The molecule has 1 atom stereocenters. The van der Waals surface area contributed by atoms with Crippen molar-refractivity contribution in [3.05, 3.63) is 34.4 Å². The van der Waals surface area contributed by atoms with Crippen LogP contribution in [0.2, 0.25) is 0 Å². The molecule has 1 aromatic rings. The number of nitrogens with one attached hydrogen (secondary N) is 1. The Morgan fingerprint density at radius 2 is 1.71 bits per heavy atom. The molecule has 1 aromatic carbocycles. The maximum Gasteiger partial charge on any atom is 0.0772 e. The third-order valence-corrected chi connectivity index (χ3v) is 5.29. The van der Waals surface area contributed by atoms with Gasteiger partial charge in [-0.15, -0.1) is 0 Å². The standard InChI is InChI=1S/C19H31NO/c1-13-6-8-19(21,9-7-13)12-20-17(5)18-11-15(3)14(2)10-16(18)4/h10-11,13,17,20-21H,6-9,12H2,1-5H3. The molecule has 2 rings (SSSR count). The fourth-order valence-electron chi connectivity index (χ4n) is 3.38. The van der Waals surface area contributed by atoms with E-state index in [-0.39, 0.29) is 6.04 Å². The van der Waals surface area contributed by atoms with Crippen LogP contribution in [-0.4, -0.2) is 17.3 Å². The van der Waals surface area contributed by atoms with E-state index in [0.717, 1.165) is 31.6 Å². The summed E-state index contributed by atoms with van der Waals surface area (Å²) < 4.78 is 0. The van der Waals surface area contributed by atoms with Gasteiger partial charge in [0.25, 0.3) is 0 Å². The van der Waals surface area contributed by atoms with Gasteiger partial charge in [0, 0.05) is 12.6 Å². The van der Waals surface area contributed by atoms with Crippen molar-refractivity contribution in [1.82, 2.24) is 5.32 Å². The van der Waals surface area contributed by atoms with Gasteiger partial charge in [0.05, 0.1) is 5.60 Å². The summed E-state index contributed by atoms with van der Waals surface area (Å²) >= 11 is 0. The average Bonchev–Trinajstić information content (AvgIpc) is 2.44. The van der Waals surface area contributed by atoms with E-state index in [9.17, 15) is 5.11 Å². The van der Waals surface area contributed by atoms with Crippen LogP contribution >= 0.6 is 0 Å². The van der Waals surface area contributed by atoms with E-state index >= 15 is 0 Å². The molecule has 0 saturated heterocycles. The first-order valence-corrected chi connectivity index (χ1v) is 8.34. The van der Waals surface area contributed by atoms with Crippen LogP contribution in [0.3, 0.4) is 0 Å². The van der Waals surface area contributed by atoms with Crippen LogP contribution in [0.5, 0.6) is 0 Å². The number of benzene rings is 1. The highest BCUT2D eigenvalue weighted by molar-refractivity contribution is 5.38. The maximum absolute atomic E-state index is 10.7. The Kier molecular flexibility index (Phi) is 5.11. The number of aryl methyl sites for hydroxylation is 3. The van der Waals surface area contributed by atoms with E-state index < -0.39 is 5.60 Å². The molecule has 0 amide bonds. The van der Waals surface area contributed by atoms with Crippen molar-refractivity contribution in [2.75, 3.05) is 6.54 Å². The zero-order valence-corrected chi connectivity index (χ0v) is 14.3. The Bertz CT molecular complexity index is 487. The fraction of sp³-hybridized carbons (Fsp3) is 0.684. The van der Waals surface area contributed by atoms with Crippen molar-refractivity contribution < 1.29 is 5.11 Å². The Morgan fingerprint density at radius 3 is 2.33 bits per heavy atom. The second-order valence-electron chi connectivity index (χ2n) is 7.30. The quantitative estimate of drug-likeness (QED) is 0.870. The molecule has 0 spiro atoms. The lowest BCUT2D eigenvalue weighted by Crippen LogP contribution is -2.44. The van der Waals surface area contributed by atoms with Gasteiger partial charge < -0.3 is 10.4 Å². The van der Waals surface area contributed by atoms with Gasteiger partial charge in [-0.25, -0.2) is 0 Å². The summed E-state index contributed by atoms with van der Waals surface area (Å²) in [5, 5.41) is 14.3. The predicted molar refractivity (Wildman–Crippen MR) is 89.7 cm³/mol. The number of hydrogen-bond donors (Lipinski definition) is 2. The van der Waals surface area contributed by atoms with Crippen molar-refractivity contribution in [1.29, 1.82) is 0 Å². The van der Waals surface area contributed by atoms with Crippen molar-refractivity contribution in [2.45, 2.75) is 71.9 Å². The third kappa shape index (κ3) is 4.08. The van der Waals surface area contributed by atoms with Crippen LogP contribution in [0.15, 0.2) is 12.1 Å². The van der Waals surface area contributed by atoms with Gasteiger partial charge >= 0.3 is 0 Å². The van der Waals surface area contributed by atoms with Crippen molar-refractivity contribution in [3.63, 3.8) is 0 Å². The van der Waals surface area contributed by atoms with E-state index in [2.05, 4.69) is 52.1 Å². The Labute approximate surface area is 130 Å². The number of aliphatic hydroxyl groups is 1. The van der Waals surface area contributed by atoms with E-state index in [4.69, 9.17) is 0 Å². The van der Waals surface area contributed by atoms with E-state index in [0.29, 0.717) is 6.54 Å². The average molecular weight is 289 g/mol. The molecular formula is C19H31NO. The molecule has 2 heteroatoms. The summed E-state index contributed by atoms with van der Waals surface area (Å²) in [7, 11) is 0. The Morgan fingerprint density at radius 1 is 1.14 bits per heavy atom. The van der Waals surface area contributed by atoms with Crippen LogP contribution in [0, 0.1) is 26.7 Å². The fourth-order valence-corrected chi connectivity index (χ4v) is 3.38. The predicted octanol–water partition coefficient (Wildman–Crippen LogP) is 4.20. The molecule has 0 aromatic heterocycles. The van der Waals surface area contributed by atoms with E-state index in [1.807, 2.05) is 0 Å². The van der Waals surface area contributed by atoms with Crippen molar-refractivity contribution in [3.8, 4) is 0 Å². The monoisotopic (exact) mass is 289 g/mol. The van der Waals surface area contributed by atoms with Crippen molar-refractivity contribution >= 4 is 0 Å². The molecule has 1 aliphatic rings. The lowest BCUT2D eigenvalue weighted by Gasteiger charge is -2.36. The lowest BCUT2D eigenvalue weighted by molar-refractivity contribution is -0.00785. The summed E-state index contributed by atoms with van der Waals surface area (Å²) in [5.74, 6) is 0.768. The van der Waals surface area contributed by atoms with Gasteiger partial charge in [0.15, 0.2) is 0 Å². The zero-order chi connectivity index (χ0) is 15.6. The first-order valence-electron chi connectivity index (χ1n) is 8.34. The van der Waals surface area contributed by atoms with Gasteiger partial charge in [-0.1, -0.05) is 19.1 Å². The highest BCUT2D eigenvalue weighted by Gasteiger charge is 2.31. The summed E-state index contributed by atoms with van der Waals surface area (Å²) in [6.07, 6.45) is 4.16. The van der Waals surface area contributed by atoms with Crippen molar-refractivity contribution in [2.24, 2.45) is 5.92 Å². The molecule has 0 radical (unpaired) electrons. The van der Waals surface area contributed by atoms with E-state index in [1.54, 1.807) is 0 Å². The largest absolute Gasteiger partial charge is 0.389 e.